The Labute approximate surface area is 138 Å². The molecule has 0 aromatic heterocycles. The van der Waals surface area contributed by atoms with E-state index in [0.717, 1.165) is 19.4 Å². The van der Waals surface area contributed by atoms with Gasteiger partial charge >= 0.3 is 0 Å². The highest BCUT2D eigenvalue weighted by molar-refractivity contribution is 5.58. The molecule has 1 N–H and O–H groups in total. The summed E-state index contributed by atoms with van der Waals surface area (Å²) in [5.41, 5.74) is 6.68. The molecule has 2 heteroatoms. The van der Waals surface area contributed by atoms with Crippen LogP contribution in [0.3, 0.4) is 0 Å². The summed E-state index contributed by atoms with van der Waals surface area (Å²) in [4.78, 5) is 0. The lowest BCUT2D eigenvalue weighted by atomic mass is 9.77. The van der Waals surface area contributed by atoms with Gasteiger partial charge in [-0.2, -0.15) is 0 Å². The Balaban J connectivity index is 1.73. The number of rotatable bonds is 2. The van der Waals surface area contributed by atoms with Crippen molar-refractivity contribution in [1.82, 2.24) is 0 Å². The minimum atomic E-state index is 0.232. The van der Waals surface area contributed by atoms with Crippen LogP contribution in [0.15, 0.2) is 42.5 Å². The molecule has 0 saturated carbocycles. The molecule has 2 aliphatic heterocycles. The zero-order valence-corrected chi connectivity index (χ0v) is 14.0. The van der Waals surface area contributed by atoms with Gasteiger partial charge < -0.3 is 10.1 Å². The van der Waals surface area contributed by atoms with Crippen LogP contribution in [0.2, 0.25) is 0 Å². The van der Waals surface area contributed by atoms with Gasteiger partial charge in [-0.15, -0.1) is 0 Å². The van der Waals surface area contributed by atoms with E-state index in [1.165, 1.54) is 34.4 Å². The topological polar surface area (TPSA) is 21.3 Å². The van der Waals surface area contributed by atoms with Crippen LogP contribution in [-0.2, 0) is 11.2 Å². The van der Waals surface area contributed by atoms with E-state index in [9.17, 15) is 0 Å². The second kappa shape index (κ2) is 6.01. The van der Waals surface area contributed by atoms with Crippen LogP contribution in [0.1, 0.15) is 54.2 Å². The SMILES string of the molecule is CCc1ccc(C2Nc3ccc(C)cc3[C@H]3OCCC[C@@H]23)cc1. The molecule has 4 rings (SSSR count). The van der Waals surface area contributed by atoms with Gasteiger partial charge in [0.05, 0.1) is 12.1 Å². The van der Waals surface area contributed by atoms with E-state index in [0.29, 0.717) is 12.0 Å². The summed E-state index contributed by atoms with van der Waals surface area (Å²) in [7, 11) is 0. The van der Waals surface area contributed by atoms with E-state index in [-0.39, 0.29) is 6.10 Å². The third-order valence-corrected chi connectivity index (χ3v) is 5.37. The van der Waals surface area contributed by atoms with Gasteiger partial charge in [-0.05, 0) is 43.4 Å². The molecule has 2 aromatic carbocycles. The van der Waals surface area contributed by atoms with Crippen LogP contribution in [0, 0.1) is 12.8 Å². The van der Waals surface area contributed by atoms with Crippen molar-refractivity contribution in [1.29, 1.82) is 0 Å². The van der Waals surface area contributed by atoms with Crippen molar-refractivity contribution in [3.05, 3.63) is 64.7 Å². The lowest BCUT2D eigenvalue weighted by Crippen LogP contribution is -2.36. The highest BCUT2D eigenvalue weighted by Gasteiger charge is 2.39. The van der Waals surface area contributed by atoms with E-state index in [2.05, 4.69) is 61.6 Å². The number of anilines is 1. The van der Waals surface area contributed by atoms with E-state index >= 15 is 0 Å². The van der Waals surface area contributed by atoms with Crippen LogP contribution in [-0.4, -0.2) is 6.61 Å². The number of hydrogen-bond acceptors (Lipinski definition) is 2. The summed E-state index contributed by atoms with van der Waals surface area (Å²) in [6, 6.07) is 16.2. The summed E-state index contributed by atoms with van der Waals surface area (Å²) in [5.74, 6) is 0.519. The maximum absolute atomic E-state index is 6.22. The Bertz CT molecular complexity index is 691. The summed E-state index contributed by atoms with van der Waals surface area (Å²) < 4.78 is 6.22. The first kappa shape index (κ1) is 14.8. The van der Waals surface area contributed by atoms with Gasteiger partial charge in [0.15, 0.2) is 0 Å². The van der Waals surface area contributed by atoms with Gasteiger partial charge in [0, 0.05) is 23.8 Å². The fourth-order valence-corrected chi connectivity index (χ4v) is 4.08. The molecule has 23 heavy (non-hydrogen) atoms. The average molecular weight is 307 g/mol. The molecular weight excluding hydrogens is 282 g/mol. The van der Waals surface area contributed by atoms with E-state index < -0.39 is 0 Å². The number of hydrogen-bond donors (Lipinski definition) is 1. The molecule has 3 atom stereocenters. The first-order chi connectivity index (χ1) is 11.3. The predicted molar refractivity (Wildman–Crippen MR) is 94.8 cm³/mol. The summed E-state index contributed by atoms with van der Waals surface area (Å²) in [6.07, 6.45) is 3.71. The fraction of sp³-hybridized carbons (Fsp3) is 0.429. The molecule has 0 bridgehead atoms. The Morgan fingerprint density at radius 2 is 1.96 bits per heavy atom. The zero-order chi connectivity index (χ0) is 15.8. The van der Waals surface area contributed by atoms with Crippen LogP contribution in [0.4, 0.5) is 5.69 Å². The molecule has 1 fully saturated rings. The Morgan fingerprint density at radius 1 is 1.13 bits per heavy atom. The lowest BCUT2D eigenvalue weighted by Gasteiger charge is -2.43. The largest absolute Gasteiger partial charge is 0.378 e. The quantitative estimate of drug-likeness (QED) is 0.824. The van der Waals surface area contributed by atoms with Gasteiger partial charge in [-0.25, -0.2) is 0 Å². The third kappa shape index (κ3) is 2.66. The smallest absolute Gasteiger partial charge is 0.0895 e. The molecule has 0 amide bonds. The lowest BCUT2D eigenvalue weighted by molar-refractivity contribution is -0.0381. The van der Waals surface area contributed by atoms with Crippen molar-refractivity contribution in [2.45, 2.75) is 45.3 Å². The van der Waals surface area contributed by atoms with Crippen LogP contribution < -0.4 is 5.32 Å². The highest BCUT2D eigenvalue weighted by atomic mass is 16.5. The molecule has 0 aliphatic carbocycles. The van der Waals surface area contributed by atoms with Gasteiger partial charge in [0.1, 0.15) is 0 Å². The minimum absolute atomic E-state index is 0.232. The molecule has 120 valence electrons. The normalized spacial score (nSPS) is 26.1. The standard InChI is InChI=1S/C21H25NO/c1-3-15-7-9-16(10-8-15)20-17-5-4-12-23-21(17)18-13-14(2)6-11-19(18)22-20/h6-11,13,17,20-22H,3-5,12H2,1-2H3/t17-,20?,21-/m0/s1. The van der Waals surface area contributed by atoms with Gasteiger partial charge in [0.2, 0.25) is 0 Å². The van der Waals surface area contributed by atoms with Crippen molar-refractivity contribution in [3.8, 4) is 0 Å². The average Bonchev–Trinajstić information content (AvgIpc) is 2.61. The molecule has 2 heterocycles. The van der Waals surface area contributed by atoms with Gasteiger partial charge in [-0.1, -0.05) is 48.9 Å². The Morgan fingerprint density at radius 3 is 2.74 bits per heavy atom. The van der Waals surface area contributed by atoms with Crippen molar-refractivity contribution in [2.75, 3.05) is 11.9 Å². The third-order valence-electron chi connectivity index (χ3n) is 5.37. The van der Waals surface area contributed by atoms with E-state index in [1.807, 2.05) is 0 Å². The first-order valence-corrected chi connectivity index (χ1v) is 8.84. The molecule has 1 saturated heterocycles. The number of benzene rings is 2. The molecule has 2 nitrogen and oxygen atoms in total. The van der Waals surface area contributed by atoms with Crippen molar-refractivity contribution < 1.29 is 4.74 Å². The molecule has 0 spiro atoms. The van der Waals surface area contributed by atoms with Crippen molar-refractivity contribution in [3.63, 3.8) is 0 Å². The summed E-state index contributed by atoms with van der Waals surface area (Å²) >= 11 is 0. The first-order valence-electron chi connectivity index (χ1n) is 8.84. The predicted octanol–water partition coefficient (Wildman–Crippen LogP) is 5.19. The highest BCUT2D eigenvalue weighted by Crippen LogP contribution is 2.49. The molecular formula is C21H25NO. The van der Waals surface area contributed by atoms with Gasteiger partial charge in [-0.3, -0.25) is 0 Å². The number of ether oxygens (including phenoxy) is 1. The Hall–Kier alpha value is -1.80. The second-order valence-electron chi connectivity index (χ2n) is 6.91. The monoisotopic (exact) mass is 307 g/mol. The molecule has 2 aliphatic rings. The van der Waals surface area contributed by atoms with Gasteiger partial charge in [0.25, 0.3) is 0 Å². The molecule has 1 unspecified atom stereocenters. The van der Waals surface area contributed by atoms with Crippen molar-refractivity contribution >= 4 is 5.69 Å². The van der Waals surface area contributed by atoms with Crippen LogP contribution in [0.5, 0.6) is 0 Å². The number of fused-ring (bicyclic) bond motifs is 3. The maximum Gasteiger partial charge on any atom is 0.0895 e. The van der Waals surface area contributed by atoms with Crippen LogP contribution >= 0.6 is 0 Å². The molecule has 2 aromatic rings. The van der Waals surface area contributed by atoms with Crippen molar-refractivity contribution in [2.24, 2.45) is 5.92 Å². The van der Waals surface area contributed by atoms with E-state index in [4.69, 9.17) is 4.74 Å². The van der Waals surface area contributed by atoms with Crippen LogP contribution in [0.25, 0.3) is 0 Å². The number of nitrogens with one attached hydrogen (secondary N) is 1. The zero-order valence-electron chi connectivity index (χ0n) is 14.0. The molecule has 0 radical (unpaired) electrons. The summed E-state index contributed by atoms with van der Waals surface area (Å²) in [6.45, 7) is 5.25. The minimum Gasteiger partial charge on any atom is -0.378 e. The Kier molecular flexibility index (Phi) is 3.86. The maximum atomic E-state index is 6.22. The summed E-state index contributed by atoms with van der Waals surface area (Å²) in [5, 5.41) is 3.80. The number of aryl methyl sites for hydroxylation is 2. The second-order valence-corrected chi connectivity index (χ2v) is 6.91. The fourth-order valence-electron chi connectivity index (χ4n) is 4.08. The van der Waals surface area contributed by atoms with E-state index in [1.54, 1.807) is 0 Å².